The predicted octanol–water partition coefficient (Wildman–Crippen LogP) is 5.67. The summed E-state index contributed by atoms with van der Waals surface area (Å²) in [5.41, 5.74) is 1.67. The highest BCUT2D eigenvalue weighted by atomic mass is 35.5. The molecule has 1 amide bonds. The van der Waals surface area contributed by atoms with Crippen LogP contribution in [0.4, 0.5) is 21.6 Å². The molecule has 1 aliphatic carbocycles. The zero-order valence-electron chi connectivity index (χ0n) is 25.1. The molecule has 3 aromatic carbocycles. The Morgan fingerprint density at radius 2 is 1.78 bits per heavy atom. The van der Waals surface area contributed by atoms with E-state index in [1.165, 1.54) is 24.5 Å². The number of carbonyl (C=O) groups is 2. The van der Waals surface area contributed by atoms with Crippen LogP contribution in [0.2, 0.25) is 5.02 Å². The fourth-order valence-corrected chi connectivity index (χ4v) is 5.23. The average molecular weight is 645 g/mol. The first-order chi connectivity index (χ1) is 22.4. The molecule has 2 N–H and O–H groups in total. The molecule has 2 fully saturated rings. The van der Waals surface area contributed by atoms with E-state index in [1.54, 1.807) is 30.3 Å². The molecule has 2 aliphatic rings. The van der Waals surface area contributed by atoms with Gasteiger partial charge in [0, 0.05) is 55.9 Å². The number of carbonyl (C=O) groups excluding carboxylic acids is 2. The predicted molar refractivity (Wildman–Crippen MR) is 175 cm³/mol. The number of para-hydroxylation sites is 1. The zero-order chi connectivity index (χ0) is 31.9. The summed E-state index contributed by atoms with van der Waals surface area (Å²) in [6.45, 7) is 4.38. The standard InChI is InChI=1S/C34H34ClFN6O4/c35-27-17-24(10-11-28(27)36)39-34-26-18-30(31(45-21-23-8-9-23)19-29(26)37-22-38-34)40-32(43)7-4-12-41-13-15-42(16-14-41)20-33(44)46-25-5-2-1-3-6-25/h1-7,10-11,17-19,22-23H,8-9,12-16,20-21H2,(H,40,43)(H,37,38,39)/b7-4+. The first-order valence-electron chi connectivity index (χ1n) is 15.2. The van der Waals surface area contributed by atoms with Crippen LogP contribution in [0.3, 0.4) is 0 Å². The molecule has 10 nitrogen and oxygen atoms in total. The molecule has 1 saturated carbocycles. The fraction of sp³-hybridized carbons (Fsp3) is 0.294. The number of anilines is 3. The number of nitrogens with one attached hydrogen (secondary N) is 2. The van der Waals surface area contributed by atoms with Crippen molar-refractivity contribution in [3.63, 3.8) is 0 Å². The Morgan fingerprint density at radius 3 is 2.54 bits per heavy atom. The number of fused-ring (bicyclic) bond motifs is 1. The van der Waals surface area contributed by atoms with Gasteiger partial charge in [0.1, 0.15) is 29.5 Å². The summed E-state index contributed by atoms with van der Waals surface area (Å²) in [6.07, 6.45) is 7.02. The van der Waals surface area contributed by atoms with Crippen molar-refractivity contribution in [2.45, 2.75) is 12.8 Å². The topological polar surface area (TPSA) is 109 Å². The lowest BCUT2D eigenvalue weighted by molar-refractivity contribution is -0.136. The van der Waals surface area contributed by atoms with E-state index in [4.69, 9.17) is 21.1 Å². The zero-order valence-corrected chi connectivity index (χ0v) is 25.9. The second-order valence-corrected chi connectivity index (χ2v) is 11.8. The van der Waals surface area contributed by atoms with E-state index in [0.717, 1.165) is 39.0 Å². The Kier molecular flexibility index (Phi) is 10.0. The van der Waals surface area contributed by atoms with E-state index in [9.17, 15) is 14.0 Å². The molecule has 46 heavy (non-hydrogen) atoms. The minimum Gasteiger partial charge on any atom is -0.491 e. The smallest absolute Gasteiger partial charge is 0.325 e. The van der Waals surface area contributed by atoms with Gasteiger partial charge in [-0.2, -0.15) is 0 Å². The first kappa shape index (κ1) is 31.4. The summed E-state index contributed by atoms with van der Waals surface area (Å²) < 4.78 is 25.2. The molecule has 2 heterocycles. The van der Waals surface area contributed by atoms with Crippen LogP contribution < -0.4 is 20.1 Å². The number of hydrogen-bond donors (Lipinski definition) is 2. The van der Waals surface area contributed by atoms with Gasteiger partial charge in [0.05, 0.1) is 29.4 Å². The summed E-state index contributed by atoms with van der Waals surface area (Å²) in [5, 5.41) is 6.76. The van der Waals surface area contributed by atoms with Crippen molar-refractivity contribution < 1.29 is 23.5 Å². The van der Waals surface area contributed by atoms with Gasteiger partial charge in [0.2, 0.25) is 5.91 Å². The molecule has 0 bridgehead atoms. The summed E-state index contributed by atoms with van der Waals surface area (Å²) >= 11 is 5.97. The number of benzene rings is 3. The second kappa shape index (κ2) is 14.7. The first-order valence-corrected chi connectivity index (χ1v) is 15.6. The van der Waals surface area contributed by atoms with Crippen LogP contribution in [0.25, 0.3) is 10.9 Å². The lowest BCUT2D eigenvalue weighted by Gasteiger charge is -2.33. The number of hydrogen-bond acceptors (Lipinski definition) is 9. The van der Waals surface area contributed by atoms with Gasteiger partial charge in [-0.15, -0.1) is 0 Å². The molecular weight excluding hydrogens is 611 g/mol. The van der Waals surface area contributed by atoms with Crippen molar-refractivity contribution in [1.82, 2.24) is 19.8 Å². The van der Waals surface area contributed by atoms with Crippen LogP contribution in [-0.2, 0) is 9.59 Å². The Labute approximate surface area is 271 Å². The van der Waals surface area contributed by atoms with Gasteiger partial charge < -0.3 is 20.1 Å². The van der Waals surface area contributed by atoms with Gasteiger partial charge in [-0.1, -0.05) is 35.9 Å². The Hall–Kier alpha value is -4.58. The normalized spacial score (nSPS) is 15.6. The third kappa shape index (κ3) is 8.57. The Balaban J connectivity index is 1.06. The maximum absolute atomic E-state index is 13.7. The average Bonchev–Trinajstić information content (AvgIpc) is 3.88. The SMILES string of the molecule is O=C(/C=C/CN1CCN(CC(=O)Oc2ccccc2)CC1)Nc1cc2c(Nc3ccc(F)c(Cl)c3)ncnc2cc1OCC1CC1. The largest absolute Gasteiger partial charge is 0.491 e. The van der Waals surface area contributed by atoms with E-state index in [-0.39, 0.29) is 23.4 Å². The highest BCUT2D eigenvalue weighted by Crippen LogP contribution is 2.36. The van der Waals surface area contributed by atoms with Crippen molar-refractivity contribution in [2.75, 3.05) is 56.5 Å². The minimum absolute atomic E-state index is 0.00993. The molecule has 1 aliphatic heterocycles. The maximum atomic E-state index is 13.7. The van der Waals surface area contributed by atoms with Gasteiger partial charge in [-0.05, 0) is 55.2 Å². The lowest BCUT2D eigenvalue weighted by Crippen LogP contribution is -2.48. The number of esters is 1. The maximum Gasteiger partial charge on any atom is 0.325 e. The summed E-state index contributed by atoms with van der Waals surface area (Å²) in [4.78, 5) is 38.4. The summed E-state index contributed by atoms with van der Waals surface area (Å²) in [7, 11) is 0. The van der Waals surface area contributed by atoms with Crippen molar-refractivity contribution in [3.8, 4) is 11.5 Å². The van der Waals surface area contributed by atoms with Crippen LogP contribution in [0, 0.1) is 11.7 Å². The van der Waals surface area contributed by atoms with Gasteiger partial charge >= 0.3 is 5.97 Å². The van der Waals surface area contributed by atoms with Crippen LogP contribution in [-0.4, -0.2) is 77.5 Å². The Morgan fingerprint density at radius 1 is 1.00 bits per heavy atom. The molecular formula is C34H34ClFN6O4. The summed E-state index contributed by atoms with van der Waals surface area (Å²) in [6, 6.07) is 16.9. The van der Waals surface area contributed by atoms with Crippen molar-refractivity contribution in [1.29, 1.82) is 0 Å². The molecule has 6 rings (SSSR count). The number of nitrogens with zero attached hydrogens (tertiary/aromatic N) is 4. The minimum atomic E-state index is -0.515. The van der Waals surface area contributed by atoms with E-state index in [1.807, 2.05) is 24.3 Å². The number of aromatic nitrogens is 2. The molecule has 0 unspecified atom stereocenters. The highest BCUT2D eigenvalue weighted by molar-refractivity contribution is 6.31. The van der Waals surface area contributed by atoms with Gasteiger partial charge in [-0.25, -0.2) is 14.4 Å². The molecule has 0 spiro atoms. The quantitative estimate of drug-likeness (QED) is 0.115. The van der Waals surface area contributed by atoms with Gasteiger partial charge in [0.25, 0.3) is 0 Å². The summed E-state index contributed by atoms with van der Waals surface area (Å²) in [5.74, 6) is 0.964. The van der Waals surface area contributed by atoms with E-state index >= 15 is 0 Å². The van der Waals surface area contributed by atoms with Crippen molar-refractivity contribution in [2.24, 2.45) is 5.92 Å². The van der Waals surface area contributed by atoms with E-state index < -0.39 is 5.82 Å². The molecule has 12 heteroatoms. The number of halogens is 2. The highest BCUT2D eigenvalue weighted by Gasteiger charge is 2.23. The van der Waals surface area contributed by atoms with Crippen molar-refractivity contribution >= 4 is 51.6 Å². The van der Waals surface area contributed by atoms with E-state index in [2.05, 4.69) is 30.4 Å². The molecule has 0 radical (unpaired) electrons. The molecule has 4 aromatic rings. The van der Waals surface area contributed by atoms with Crippen LogP contribution in [0.5, 0.6) is 11.5 Å². The van der Waals surface area contributed by atoms with Crippen LogP contribution in [0.15, 0.2) is 79.1 Å². The third-order valence-corrected chi connectivity index (χ3v) is 8.06. The van der Waals surface area contributed by atoms with Gasteiger partial charge in [0.15, 0.2) is 0 Å². The third-order valence-electron chi connectivity index (χ3n) is 7.77. The van der Waals surface area contributed by atoms with E-state index in [0.29, 0.717) is 58.7 Å². The number of amides is 1. The second-order valence-electron chi connectivity index (χ2n) is 11.4. The molecule has 0 atom stereocenters. The fourth-order valence-electron chi connectivity index (χ4n) is 5.05. The van der Waals surface area contributed by atoms with Gasteiger partial charge in [-0.3, -0.25) is 19.4 Å². The number of rotatable bonds is 12. The van der Waals surface area contributed by atoms with Crippen molar-refractivity contribution in [3.05, 3.63) is 90.0 Å². The number of piperazine rings is 1. The lowest BCUT2D eigenvalue weighted by atomic mass is 10.1. The van der Waals surface area contributed by atoms with Crippen LogP contribution in [0.1, 0.15) is 12.8 Å². The number of ether oxygens (including phenoxy) is 2. The molecule has 1 aromatic heterocycles. The molecule has 238 valence electrons. The molecule has 1 saturated heterocycles. The Bertz CT molecular complexity index is 1730. The monoisotopic (exact) mass is 644 g/mol. The van der Waals surface area contributed by atoms with Crippen LogP contribution >= 0.6 is 11.6 Å².